The van der Waals surface area contributed by atoms with Crippen molar-refractivity contribution in [1.29, 1.82) is 0 Å². The number of aliphatic hydroxyl groups is 1. The van der Waals surface area contributed by atoms with Gasteiger partial charge in [0.25, 0.3) is 31.5 Å². The highest BCUT2D eigenvalue weighted by Crippen LogP contribution is 2.49. The van der Waals surface area contributed by atoms with Crippen LogP contribution in [0.1, 0.15) is 182 Å². The Kier molecular flexibility index (Phi) is 27.0. The Morgan fingerprint density at radius 1 is 0.365 bits per heavy atom. The number of alkyl halides is 8. The van der Waals surface area contributed by atoms with Gasteiger partial charge >= 0.3 is 0 Å². The molecule has 41 heteroatoms. The molecule has 0 aliphatic carbocycles. The van der Waals surface area contributed by atoms with Gasteiger partial charge in [-0.15, -0.1) is 0 Å². The highest BCUT2D eigenvalue weighted by atomic mass is 19.3. The van der Waals surface area contributed by atoms with Gasteiger partial charge in [0.15, 0.2) is 0 Å². The van der Waals surface area contributed by atoms with E-state index in [1.165, 1.54) is 50.9 Å². The van der Waals surface area contributed by atoms with E-state index >= 15 is 4.39 Å². The van der Waals surface area contributed by atoms with Crippen molar-refractivity contribution >= 4 is 67.2 Å². The van der Waals surface area contributed by atoms with Crippen LogP contribution >= 0.6 is 0 Å². The number of pyridine rings is 4. The van der Waals surface area contributed by atoms with Crippen molar-refractivity contribution in [1.82, 2.24) is 127 Å². The number of β-amino-alcohol motifs (C(OH)–C–C–N with tert-alkyl or cyclic N) is 1. The Morgan fingerprint density at radius 3 is 0.953 bits per heavy atom. The number of hydrogen-bond donors (Lipinski definition) is 1. The zero-order chi connectivity index (χ0) is 104. The van der Waals surface area contributed by atoms with Crippen molar-refractivity contribution in [3.63, 3.8) is 0 Å². The first-order chi connectivity index (χ1) is 71.3. The number of nitrogens with zero attached hydrogens (tertiary/aromatic N) is 26. The molecule has 8 aliphatic heterocycles. The van der Waals surface area contributed by atoms with E-state index in [0.29, 0.717) is 172 Å². The highest BCUT2D eigenvalue weighted by Gasteiger charge is 2.45. The molecule has 4 saturated heterocycles. The van der Waals surface area contributed by atoms with E-state index in [9.17, 15) is 55.0 Å². The molecule has 4 fully saturated rings. The van der Waals surface area contributed by atoms with E-state index in [1.807, 2.05) is 103 Å². The predicted octanol–water partition coefficient (Wildman–Crippen LogP) is 16.7. The van der Waals surface area contributed by atoms with E-state index in [2.05, 4.69) is 69.9 Å². The van der Waals surface area contributed by atoms with Crippen LogP contribution in [-0.2, 0) is 83.0 Å². The lowest BCUT2D eigenvalue weighted by Gasteiger charge is -2.40. The average molecular weight is 2030 g/mol. The molecular weight excluding hydrogens is 1910 g/mol. The van der Waals surface area contributed by atoms with Gasteiger partial charge in [0.05, 0.1) is 148 Å². The molecule has 0 radical (unpaired) electrons. The summed E-state index contributed by atoms with van der Waals surface area (Å²) in [5.41, 5.74) is 16.4. The second-order valence-electron chi connectivity index (χ2n) is 39.7. The molecule has 8 aliphatic rings. The molecule has 4 amide bonds. The molecule has 20 heterocycles. The number of imidazole rings is 4. The van der Waals surface area contributed by atoms with Crippen LogP contribution in [0.4, 0.5) is 35.1 Å². The summed E-state index contributed by atoms with van der Waals surface area (Å²) >= 11 is 0. The molecule has 148 heavy (non-hydrogen) atoms. The van der Waals surface area contributed by atoms with Crippen LogP contribution in [-0.4, -0.2) is 263 Å². The molecule has 33 nitrogen and oxygen atoms in total. The highest BCUT2D eigenvalue weighted by molar-refractivity contribution is 6.01. The molecule has 4 aromatic carbocycles. The number of carbonyl (C=O) groups is 4. The number of ether oxygens (including phenoxy) is 2. The summed E-state index contributed by atoms with van der Waals surface area (Å²) in [6, 6.07) is 28.2. The minimum atomic E-state index is -2.77. The fourth-order valence-electron chi connectivity index (χ4n) is 22.3. The van der Waals surface area contributed by atoms with Gasteiger partial charge in [-0.2, -0.15) is 20.4 Å². The van der Waals surface area contributed by atoms with E-state index in [4.69, 9.17) is 34.4 Å². The minimum Gasteiger partial charge on any atom is -0.395 e. The first-order valence-corrected chi connectivity index (χ1v) is 49.7. The number of carbonyl (C=O) groups excluding carboxylic acids is 4. The molecule has 4 atom stereocenters. The number of halogens is 8. The number of aromatic nitrogens is 20. The average Bonchev–Trinajstić information content (AvgIpc) is 1.58. The third-order valence-electron chi connectivity index (χ3n) is 29.9. The van der Waals surface area contributed by atoms with Crippen LogP contribution in [0.15, 0.2) is 147 Å². The Bertz CT molecular complexity index is 7620. The number of likely N-dealkylation sites (N-methyl/N-ethyl adjacent to an activating group) is 4. The molecule has 4 unspecified atom stereocenters. The van der Waals surface area contributed by atoms with Crippen molar-refractivity contribution in [2.75, 3.05) is 107 Å². The van der Waals surface area contributed by atoms with Gasteiger partial charge in [-0.25, -0.2) is 75.0 Å². The van der Waals surface area contributed by atoms with E-state index in [-0.39, 0.29) is 88.4 Å². The lowest BCUT2D eigenvalue weighted by Crippen LogP contribution is -2.48. The monoisotopic (exact) mass is 2020 g/mol. The molecule has 768 valence electrons. The number of benzene rings is 4. The standard InChI is InChI=1S/C27H28F3N7O.C27H29F2N7O2.C27H30N6O2.C26H25F3N6O2/c1-15-27(38)34(2)14-22-24(33-26(37(15)22)17-12-36(13-17)8-7-28)18-5-4-6-21-19(18)9-20(25(29)30)23(32-21)16-10-31-35(3)11-16;1-15-27(38)33(2)14-22-24(32-26(36(15)22)17-12-35(13-17)7-8-37)18-5-4-6-21-19(18)9-20(25(28)29)23(31-21)16-10-30-34(3)11-16;1-16-12-21-20(6-5-7-22(21)29-24(16)19-13-28-32(4)14-19)25-23-15-31(3)27(34)17(2)33(23)26(30-25)18-8-10-35-11-9-18;1-33-13-20-22(32-25(14-6-8-37-9-7-14)35(20)24(29)26(33)36)16-4-3-5-19-17(16)10-18(23(27)28)21(31-19)15-11-30-34(2)12-15/h4-6,9-11,15,17,25H,7-8,12-14H2,1-3H3;4-6,9-11,15,17,25,37H,7-8,12-14H2,1-3H3;5-7,12-14,17-18H,8-11,15H2,1-4H3;3-5,10-12,14,23-24H,6-9,13H2,1-2H3. The number of hydrogen-bond acceptors (Lipinski definition) is 21. The fourth-order valence-corrected chi connectivity index (χ4v) is 22.3. The number of fused-ring (bicyclic) bond motifs is 8. The number of aliphatic hydroxyl groups excluding tert-OH is 1. The van der Waals surface area contributed by atoms with Gasteiger partial charge in [0.2, 0.25) is 17.7 Å². The third-order valence-corrected chi connectivity index (χ3v) is 29.9. The number of likely N-dealkylation sites (tertiary alicyclic amines) is 2. The maximum absolute atomic E-state index is 15.5. The topological polar surface area (TPSA) is 321 Å². The summed E-state index contributed by atoms with van der Waals surface area (Å²) in [5, 5.41) is 28.7. The van der Waals surface area contributed by atoms with Gasteiger partial charge in [0, 0.05) is 253 Å². The molecular formula is C107H112F8N26O7. The second-order valence-corrected chi connectivity index (χ2v) is 39.7. The SMILES string of the molecule is CC1C(=O)N(C)Cc2c(-c3cccc4nc(-c5cnn(C)c5)c(C(F)F)cc34)nc(C3CN(CCF)C3)n21.CC1C(=O)N(C)Cc2c(-c3cccc4nc(-c5cnn(C)c5)c(C(F)F)cc34)nc(C3CN(CCO)C3)n21.CN1Cc2c(-c3cccc4nc(-c5cnn(C)c5)c(C(F)F)cc34)nc(C3CCOCC3)n2C(F)C1=O.Cc1cc2c(-c3nc(C4CCOCC4)n4c3CN(C)C(=O)C4C)cccc2nc1-c1cnn(C)c1. The second kappa shape index (κ2) is 40.2. The van der Waals surface area contributed by atoms with Gasteiger partial charge < -0.3 is 47.9 Å². The van der Waals surface area contributed by atoms with Crippen molar-refractivity contribution in [2.45, 2.75) is 147 Å². The van der Waals surface area contributed by atoms with E-state index in [0.717, 1.165) is 113 Å². The summed E-state index contributed by atoms with van der Waals surface area (Å²) in [4.78, 5) is 101. The van der Waals surface area contributed by atoms with Gasteiger partial charge in [-0.1, -0.05) is 48.5 Å². The van der Waals surface area contributed by atoms with E-state index < -0.39 is 50.2 Å². The van der Waals surface area contributed by atoms with Gasteiger partial charge in [-0.3, -0.25) is 52.3 Å². The van der Waals surface area contributed by atoms with Crippen molar-refractivity contribution in [3.8, 4) is 90.1 Å². The number of aryl methyl sites for hydroxylation is 5. The molecule has 16 aromatic rings. The summed E-state index contributed by atoms with van der Waals surface area (Å²) < 4.78 is 139. The molecule has 0 spiro atoms. The summed E-state index contributed by atoms with van der Waals surface area (Å²) in [6.07, 6.45) is 6.45. The van der Waals surface area contributed by atoms with Gasteiger partial charge in [-0.05, 0) is 107 Å². The predicted molar refractivity (Wildman–Crippen MR) is 537 cm³/mol. The lowest BCUT2D eigenvalue weighted by molar-refractivity contribution is -0.141. The molecule has 0 bridgehead atoms. The first-order valence-electron chi connectivity index (χ1n) is 49.7. The lowest BCUT2D eigenvalue weighted by atomic mass is 9.98. The number of amides is 4. The zero-order valence-electron chi connectivity index (χ0n) is 83.9. The molecule has 0 saturated carbocycles. The van der Waals surface area contributed by atoms with E-state index in [1.54, 1.807) is 109 Å². The number of rotatable bonds is 19. The Hall–Kier alpha value is -14.7. The molecule has 1 N–H and O–H groups in total. The van der Waals surface area contributed by atoms with Crippen LogP contribution in [0.3, 0.4) is 0 Å². The van der Waals surface area contributed by atoms with Crippen LogP contribution in [0.5, 0.6) is 0 Å². The molecule has 24 rings (SSSR count). The third kappa shape index (κ3) is 18.1. The first kappa shape index (κ1) is 99.3. The maximum Gasteiger partial charge on any atom is 0.278 e. The quantitative estimate of drug-likeness (QED) is 0.0735. The summed E-state index contributed by atoms with van der Waals surface area (Å²) in [7, 11) is 14.0. The fraction of sp³-hybridized carbons (Fsp3) is 0.402. The summed E-state index contributed by atoms with van der Waals surface area (Å²) in [6.45, 7) is 15.2. The Labute approximate surface area is 845 Å². The minimum absolute atomic E-state index is 0.00919. The largest absolute Gasteiger partial charge is 0.395 e. The van der Waals surface area contributed by atoms with Crippen molar-refractivity contribution in [3.05, 3.63) is 215 Å². The summed E-state index contributed by atoms with van der Waals surface area (Å²) in [5.74, 6) is 3.02. The smallest absolute Gasteiger partial charge is 0.278 e. The Morgan fingerprint density at radius 2 is 0.649 bits per heavy atom. The van der Waals surface area contributed by atoms with Crippen LogP contribution in [0.25, 0.3) is 134 Å². The Balaban J connectivity index is 0.000000116. The normalized spacial score (nSPS) is 18.6. The maximum atomic E-state index is 15.5. The van der Waals surface area contributed by atoms with Crippen LogP contribution in [0.2, 0.25) is 0 Å². The zero-order valence-corrected chi connectivity index (χ0v) is 83.9. The van der Waals surface area contributed by atoms with Gasteiger partial charge in [0.1, 0.15) is 48.1 Å². The van der Waals surface area contributed by atoms with Crippen LogP contribution in [0, 0.1) is 6.92 Å². The van der Waals surface area contributed by atoms with Crippen molar-refractivity contribution < 1.29 is 68.9 Å². The van der Waals surface area contributed by atoms with Crippen LogP contribution < -0.4 is 0 Å². The van der Waals surface area contributed by atoms with Crippen molar-refractivity contribution in [2.24, 2.45) is 28.2 Å². The molecule has 12 aromatic heterocycles.